The van der Waals surface area contributed by atoms with Gasteiger partial charge in [-0.15, -0.1) is 0 Å². The summed E-state index contributed by atoms with van der Waals surface area (Å²) in [5, 5.41) is 2.91. The largest absolute Gasteiger partial charge is 0.497 e. The van der Waals surface area contributed by atoms with Crippen LogP contribution in [0, 0.1) is 0 Å². The lowest BCUT2D eigenvalue weighted by Crippen LogP contribution is -2.24. The van der Waals surface area contributed by atoms with E-state index in [4.69, 9.17) is 18.9 Å². The maximum Gasteiger partial charge on any atom is 0.225 e. The van der Waals surface area contributed by atoms with Gasteiger partial charge in [0.25, 0.3) is 0 Å². The predicted octanol–water partition coefficient (Wildman–Crippen LogP) is 3.20. The third-order valence-electron chi connectivity index (χ3n) is 4.41. The van der Waals surface area contributed by atoms with Gasteiger partial charge in [-0.05, 0) is 29.8 Å². The summed E-state index contributed by atoms with van der Waals surface area (Å²) in [6.45, 7) is 0. The predicted molar refractivity (Wildman–Crippen MR) is 94.2 cm³/mol. The number of hydrogen-bond donors (Lipinski definition) is 1. The van der Waals surface area contributed by atoms with Gasteiger partial charge in [0.05, 0.1) is 28.4 Å². The summed E-state index contributed by atoms with van der Waals surface area (Å²) in [6, 6.07) is 9.27. The molecule has 0 saturated heterocycles. The lowest BCUT2D eigenvalue weighted by Gasteiger charge is -2.28. The molecular formula is C19H21NO5. The Morgan fingerprint density at radius 1 is 0.840 bits per heavy atom. The summed E-state index contributed by atoms with van der Waals surface area (Å²) in [4.78, 5) is 12.3. The van der Waals surface area contributed by atoms with Crippen LogP contribution in [0.25, 0.3) is 0 Å². The molecule has 0 saturated carbocycles. The molecule has 6 nitrogen and oxygen atoms in total. The maximum absolute atomic E-state index is 12.3. The Hall–Kier alpha value is -2.89. The Bertz CT molecular complexity index is 803. The first-order valence-corrected chi connectivity index (χ1v) is 7.89. The number of amides is 1. The summed E-state index contributed by atoms with van der Waals surface area (Å²) < 4.78 is 21.6. The Labute approximate surface area is 146 Å². The van der Waals surface area contributed by atoms with Crippen molar-refractivity contribution in [3.8, 4) is 23.0 Å². The van der Waals surface area contributed by atoms with Crippen LogP contribution in [0.2, 0.25) is 0 Å². The van der Waals surface area contributed by atoms with Crippen molar-refractivity contribution in [2.45, 2.75) is 12.3 Å². The summed E-state index contributed by atoms with van der Waals surface area (Å²) in [6.07, 6.45) is 0.312. The number of rotatable bonds is 5. The molecule has 2 aromatic rings. The second-order valence-corrected chi connectivity index (χ2v) is 5.71. The number of hydrogen-bond acceptors (Lipinski definition) is 5. The number of carbonyl (C=O) groups excluding carboxylic acids is 1. The zero-order valence-corrected chi connectivity index (χ0v) is 14.7. The van der Waals surface area contributed by atoms with Gasteiger partial charge in [0.2, 0.25) is 5.91 Å². The smallest absolute Gasteiger partial charge is 0.225 e. The van der Waals surface area contributed by atoms with Gasteiger partial charge in [0.15, 0.2) is 11.5 Å². The molecule has 1 N–H and O–H groups in total. The fourth-order valence-electron chi connectivity index (χ4n) is 3.18. The Morgan fingerprint density at radius 2 is 1.52 bits per heavy atom. The fourth-order valence-corrected chi connectivity index (χ4v) is 3.18. The summed E-state index contributed by atoms with van der Waals surface area (Å²) in [7, 11) is 6.38. The quantitative estimate of drug-likeness (QED) is 0.903. The molecule has 3 rings (SSSR count). The van der Waals surface area contributed by atoms with E-state index < -0.39 is 0 Å². The van der Waals surface area contributed by atoms with Gasteiger partial charge in [0, 0.05) is 29.7 Å². The second-order valence-electron chi connectivity index (χ2n) is 5.71. The minimum absolute atomic E-state index is 0.0606. The molecule has 132 valence electrons. The van der Waals surface area contributed by atoms with Gasteiger partial charge in [-0.1, -0.05) is 0 Å². The average Bonchev–Trinajstić information content (AvgIpc) is 2.65. The second kappa shape index (κ2) is 6.93. The van der Waals surface area contributed by atoms with Gasteiger partial charge >= 0.3 is 0 Å². The van der Waals surface area contributed by atoms with Crippen molar-refractivity contribution < 1.29 is 23.7 Å². The van der Waals surface area contributed by atoms with Crippen LogP contribution in [0.1, 0.15) is 23.5 Å². The van der Waals surface area contributed by atoms with Crippen LogP contribution in [-0.4, -0.2) is 34.3 Å². The number of anilines is 1. The minimum atomic E-state index is -0.173. The zero-order valence-electron chi connectivity index (χ0n) is 14.7. The Balaban J connectivity index is 2.18. The molecule has 0 aromatic heterocycles. The normalized spacial score (nSPS) is 15.8. The Kier molecular flexibility index (Phi) is 4.70. The van der Waals surface area contributed by atoms with E-state index in [-0.39, 0.29) is 11.8 Å². The molecule has 0 aliphatic carbocycles. The Morgan fingerprint density at radius 3 is 2.16 bits per heavy atom. The number of ether oxygens (including phenoxy) is 4. The number of fused-ring (bicyclic) bond motifs is 1. The minimum Gasteiger partial charge on any atom is -0.497 e. The molecule has 0 spiro atoms. The van der Waals surface area contributed by atoms with Crippen LogP contribution in [0.4, 0.5) is 5.69 Å². The third kappa shape index (κ3) is 3.07. The third-order valence-corrected chi connectivity index (χ3v) is 4.41. The molecule has 0 radical (unpaired) electrons. The van der Waals surface area contributed by atoms with Crippen LogP contribution in [0.15, 0.2) is 30.3 Å². The molecule has 1 aliphatic heterocycles. The average molecular weight is 343 g/mol. The summed E-state index contributed by atoms with van der Waals surface area (Å²) in [5.74, 6) is 2.37. The van der Waals surface area contributed by atoms with Gasteiger partial charge in [0.1, 0.15) is 11.5 Å². The molecule has 0 fully saturated rings. The van der Waals surface area contributed by atoms with E-state index in [2.05, 4.69) is 5.32 Å². The van der Waals surface area contributed by atoms with E-state index in [1.54, 1.807) is 34.5 Å². The van der Waals surface area contributed by atoms with Gasteiger partial charge in [-0.3, -0.25) is 4.79 Å². The van der Waals surface area contributed by atoms with Gasteiger partial charge in [-0.25, -0.2) is 0 Å². The van der Waals surface area contributed by atoms with Crippen molar-refractivity contribution in [2.75, 3.05) is 33.8 Å². The topological polar surface area (TPSA) is 66.0 Å². The molecule has 1 unspecified atom stereocenters. The van der Waals surface area contributed by atoms with Crippen LogP contribution < -0.4 is 24.3 Å². The molecular weight excluding hydrogens is 322 g/mol. The van der Waals surface area contributed by atoms with Gasteiger partial charge in [-0.2, -0.15) is 0 Å². The van der Waals surface area contributed by atoms with E-state index >= 15 is 0 Å². The lowest BCUT2D eigenvalue weighted by atomic mass is 9.84. The molecule has 6 heteroatoms. The highest BCUT2D eigenvalue weighted by atomic mass is 16.5. The first-order valence-electron chi connectivity index (χ1n) is 7.89. The highest BCUT2D eigenvalue weighted by Gasteiger charge is 2.30. The molecule has 0 bridgehead atoms. The molecule has 1 heterocycles. The molecule has 1 atom stereocenters. The van der Waals surface area contributed by atoms with Crippen molar-refractivity contribution in [1.29, 1.82) is 0 Å². The summed E-state index contributed by atoms with van der Waals surface area (Å²) >= 11 is 0. The summed E-state index contributed by atoms with van der Waals surface area (Å²) in [5.41, 5.74) is 2.55. The number of nitrogens with one attached hydrogen (secondary N) is 1. The zero-order chi connectivity index (χ0) is 18.0. The van der Waals surface area contributed by atoms with E-state index in [1.807, 2.05) is 24.3 Å². The van der Waals surface area contributed by atoms with E-state index in [1.165, 1.54) is 0 Å². The lowest BCUT2D eigenvalue weighted by molar-refractivity contribution is -0.116. The standard InChI is InChI=1S/C19H21NO5/c1-22-11-5-6-16(23-2)14(7-11)12-9-19(21)20-15-10-18(25-4)17(24-3)8-13(12)15/h5-8,10,12H,9H2,1-4H3,(H,20,21). The van der Waals surface area contributed by atoms with Crippen molar-refractivity contribution in [3.05, 3.63) is 41.5 Å². The van der Waals surface area contributed by atoms with Crippen LogP contribution in [0.3, 0.4) is 0 Å². The highest BCUT2D eigenvalue weighted by Crippen LogP contribution is 2.45. The van der Waals surface area contributed by atoms with Crippen LogP contribution in [-0.2, 0) is 4.79 Å². The number of methoxy groups -OCH3 is 4. The van der Waals surface area contributed by atoms with Crippen LogP contribution in [0.5, 0.6) is 23.0 Å². The first kappa shape index (κ1) is 17.0. The SMILES string of the molecule is COc1ccc(OC)c(C2CC(=O)Nc3cc(OC)c(OC)cc32)c1. The van der Waals surface area contributed by atoms with E-state index in [0.29, 0.717) is 35.1 Å². The van der Waals surface area contributed by atoms with E-state index in [9.17, 15) is 4.79 Å². The molecule has 1 amide bonds. The maximum atomic E-state index is 12.3. The highest BCUT2D eigenvalue weighted by molar-refractivity contribution is 5.96. The molecule has 2 aromatic carbocycles. The number of benzene rings is 2. The first-order chi connectivity index (χ1) is 12.1. The fraction of sp³-hybridized carbons (Fsp3) is 0.316. The molecule has 25 heavy (non-hydrogen) atoms. The van der Waals surface area contributed by atoms with Crippen molar-refractivity contribution in [3.63, 3.8) is 0 Å². The van der Waals surface area contributed by atoms with Crippen molar-refractivity contribution in [2.24, 2.45) is 0 Å². The molecule has 1 aliphatic rings. The monoisotopic (exact) mass is 343 g/mol. The van der Waals surface area contributed by atoms with Crippen LogP contribution >= 0.6 is 0 Å². The van der Waals surface area contributed by atoms with Crippen molar-refractivity contribution >= 4 is 11.6 Å². The van der Waals surface area contributed by atoms with Crippen molar-refractivity contribution in [1.82, 2.24) is 0 Å². The van der Waals surface area contributed by atoms with E-state index in [0.717, 1.165) is 11.1 Å². The number of carbonyl (C=O) groups is 1. The van der Waals surface area contributed by atoms with Gasteiger partial charge < -0.3 is 24.3 Å².